The van der Waals surface area contributed by atoms with Crippen LogP contribution in [-0.4, -0.2) is 72.6 Å². The first-order chi connectivity index (χ1) is 12.1. The summed E-state index contributed by atoms with van der Waals surface area (Å²) in [6.07, 6.45) is -0.488. The smallest absolute Gasteiger partial charge is 0.333 e. The van der Waals surface area contributed by atoms with Gasteiger partial charge in [-0.1, -0.05) is 34.0 Å². The van der Waals surface area contributed by atoms with Crippen molar-refractivity contribution < 1.29 is 41.4 Å². The molecule has 0 fully saturated rings. The maximum atomic E-state index is 12.8. The van der Waals surface area contributed by atoms with Gasteiger partial charge in [0.05, 0.1) is 25.0 Å². The van der Waals surface area contributed by atoms with Crippen LogP contribution >= 0.6 is 0 Å². The molecule has 0 amide bonds. The number of Topliss-reactive ketones (excluding diaryl/α,β-unsaturated/α-hetero) is 1. The Bertz CT molecular complexity index is 926. The van der Waals surface area contributed by atoms with Gasteiger partial charge in [0, 0.05) is 5.56 Å². The lowest BCUT2D eigenvalue weighted by Crippen LogP contribution is -2.69. The van der Waals surface area contributed by atoms with E-state index < -0.39 is 55.8 Å². The highest BCUT2D eigenvalue weighted by Gasteiger charge is 2.56. The van der Waals surface area contributed by atoms with Crippen LogP contribution in [-0.2, 0) is 29.6 Å². The largest absolute Gasteiger partial charge is 0.481 e. The number of carbonyl (C=O) groups excluding carboxylic acids is 1. The highest BCUT2D eigenvalue weighted by atomic mass is 32.3. The van der Waals surface area contributed by atoms with Crippen molar-refractivity contribution in [2.75, 3.05) is 12.5 Å². The number of nitrogens with zero attached hydrogens (tertiary/aromatic N) is 1. The van der Waals surface area contributed by atoms with Crippen LogP contribution in [0.3, 0.4) is 0 Å². The minimum atomic E-state index is -4.71. The first-order valence-corrected chi connectivity index (χ1v) is 10.9. The molecule has 2 unspecified atom stereocenters. The third-order valence-electron chi connectivity index (χ3n) is 3.57. The van der Waals surface area contributed by atoms with E-state index in [2.05, 4.69) is 0 Å². The van der Waals surface area contributed by atoms with E-state index in [4.69, 9.17) is 10.8 Å². The second kappa shape index (κ2) is 7.72. The molecule has 0 saturated carbocycles. The van der Waals surface area contributed by atoms with Crippen LogP contribution in [0.5, 0.6) is 0 Å². The Hall–Kier alpha value is -2.35. The van der Waals surface area contributed by atoms with Crippen LogP contribution in [0.25, 0.3) is 0 Å². The fraction of sp³-hybridized carbons (Fsp3) is 0.357. The van der Waals surface area contributed by atoms with Crippen molar-refractivity contribution in [2.24, 2.45) is 5.73 Å². The molecule has 13 heteroatoms. The quantitative estimate of drug-likeness (QED) is 0.319. The van der Waals surface area contributed by atoms with Crippen molar-refractivity contribution in [1.29, 1.82) is 0 Å². The number of nitrogens with two attached hydrogens (primary N) is 1. The third-order valence-corrected chi connectivity index (χ3v) is 7.01. The van der Waals surface area contributed by atoms with Gasteiger partial charge in [0.25, 0.3) is 0 Å². The Kier molecular flexibility index (Phi) is 6.49. The molecule has 150 valence electrons. The Morgan fingerprint density at radius 2 is 1.48 bits per heavy atom. The van der Waals surface area contributed by atoms with Crippen LogP contribution < -0.4 is 5.73 Å². The molecule has 0 aliphatic heterocycles. The molecule has 0 aliphatic carbocycles. The first-order valence-electron chi connectivity index (χ1n) is 7.17. The van der Waals surface area contributed by atoms with Crippen LogP contribution in [0.1, 0.15) is 16.8 Å². The molecule has 0 heterocycles. The maximum Gasteiger partial charge on any atom is 0.333 e. The standard InChI is InChI=1S/C14H18N2O9S2/c1-26(22,23)16(27(2,24)25)10(8-11(17)18)14(15,13(20)21)12(19)9-6-4-3-5-7-9/h3-7,10H,8,15H2,1-2H3,(H,17,18)(H,20,21). The third kappa shape index (κ3) is 4.88. The van der Waals surface area contributed by atoms with Crippen LogP contribution in [0.4, 0.5) is 0 Å². The van der Waals surface area contributed by atoms with E-state index in [-0.39, 0.29) is 9.27 Å². The molecule has 4 N–H and O–H groups in total. The molecule has 0 saturated heterocycles. The zero-order valence-electron chi connectivity index (χ0n) is 14.3. The van der Waals surface area contributed by atoms with Gasteiger partial charge in [-0.15, -0.1) is 0 Å². The van der Waals surface area contributed by atoms with E-state index >= 15 is 0 Å². The summed E-state index contributed by atoms with van der Waals surface area (Å²) in [5.74, 6) is -5.19. The predicted octanol–water partition coefficient (Wildman–Crippen LogP) is -1.28. The summed E-state index contributed by atoms with van der Waals surface area (Å²) in [7, 11) is -9.43. The molecule has 1 rings (SSSR count). The van der Waals surface area contributed by atoms with Gasteiger partial charge in [-0.05, 0) is 0 Å². The van der Waals surface area contributed by atoms with Crippen molar-refractivity contribution in [3.8, 4) is 0 Å². The molecule has 1 aromatic carbocycles. The summed E-state index contributed by atoms with van der Waals surface area (Å²) in [5, 5.41) is 18.7. The fourth-order valence-corrected chi connectivity index (χ4v) is 5.87. The summed E-state index contributed by atoms with van der Waals surface area (Å²) in [4.78, 5) is 35.9. The normalized spacial score (nSPS) is 15.7. The highest BCUT2D eigenvalue weighted by molar-refractivity contribution is 8.03. The van der Waals surface area contributed by atoms with Crippen molar-refractivity contribution in [1.82, 2.24) is 3.71 Å². The Labute approximate surface area is 155 Å². The van der Waals surface area contributed by atoms with Crippen LogP contribution in [0.15, 0.2) is 30.3 Å². The molecule has 0 bridgehead atoms. The Morgan fingerprint density at radius 1 is 1.04 bits per heavy atom. The average Bonchev–Trinajstić information content (AvgIpc) is 2.50. The first kappa shape index (κ1) is 22.7. The molecule has 11 nitrogen and oxygen atoms in total. The maximum absolute atomic E-state index is 12.8. The predicted molar refractivity (Wildman–Crippen MR) is 92.9 cm³/mol. The molecular formula is C14H18N2O9S2. The van der Waals surface area contributed by atoms with E-state index in [0.717, 1.165) is 0 Å². The average molecular weight is 422 g/mol. The second-order valence-electron chi connectivity index (χ2n) is 5.73. The molecular weight excluding hydrogens is 404 g/mol. The van der Waals surface area contributed by atoms with Gasteiger partial charge in [0.15, 0.2) is 11.3 Å². The van der Waals surface area contributed by atoms with Crippen LogP contribution in [0, 0.1) is 0 Å². The molecule has 2 atom stereocenters. The summed E-state index contributed by atoms with van der Waals surface area (Å²) in [5.41, 5.74) is 2.27. The second-order valence-corrected chi connectivity index (χ2v) is 9.68. The van der Waals surface area contributed by atoms with Crippen molar-refractivity contribution in [2.45, 2.75) is 18.0 Å². The number of carboxylic acids is 2. The minimum absolute atomic E-state index is 0.264. The minimum Gasteiger partial charge on any atom is -0.481 e. The number of carbonyl (C=O) groups is 3. The summed E-state index contributed by atoms with van der Waals surface area (Å²) in [6, 6.07) is 4.15. The van der Waals surface area contributed by atoms with E-state index in [9.17, 15) is 36.3 Å². The number of hydrogen-bond acceptors (Lipinski definition) is 8. The zero-order valence-corrected chi connectivity index (χ0v) is 15.9. The van der Waals surface area contributed by atoms with Gasteiger partial charge in [-0.25, -0.2) is 21.6 Å². The number of hydrogen-bond donors (Lipinski definition) is 3. The van der Waals surface area contributed by atoms with Gasteiger partial charge < -0.3 is 15.9 Å². The summed E-state index contributed by atoms with van der Waals surface area (Å²) >= 11 is 0. The summed E-state index contributed by atoms with van der Waals surface area (Å²) in [6.45, 7) is 0. The molecule has 0 spiro atoms. The lowest BCUT2D eigenvalue weighted by Gasteiger charge is -2.36. The topological polar surface area (TPSA) is 189 Å². The van der Waals surface area contributed by atoms with E-state index in [1.165, 1.54) is 30.3 Å². The number of sulfonamides is 2. The van der Waals surface area contributed by atoms with Gasteiger partial charge in [0.2, 0.25) is 20.0 Å². The molecule has 1 aromatic rings. The van der Waals surface area contributed by atoms with Crippen LogP contribution in [0.2, 0.25) is 0 Å². The summed E-state index contributed by atoms with van der Waals surface area (Å²) < 4.78 is 47.7. The number of carboxylic acid groups (broad SMARTS) is 2. The number of ketones is 1. The molecule has 0 aromatic heterocycles. The Morgan fingerprint density at radius 3 is 1.81 bits per heavy atom. The van der Waals surface area contributed by atoms with Crippen molar-refractivity contribution >= 4 is 37.8 Å². The molecule has 0 radical (unpaired) electrons. The van der Waals surface area contributed by atoms with Gasteiger partial charge >= 0.3 is 11.9 Å². The van der Waals surface area contributed by atoms with E-state index in [1.807, 2.05) is 0 Å². The lowest BCUT2D eigenvalue weighted by molar-refractivity contribution is -0.144. The monoisotopic (exact) mass is 422 g/mol. The van der Waals surface area contributed by atoms with Crippen molar-refractivity contribution in [3.63, 3.8) is 0 Å². The number of rotatable bonds is 9. The van der Waals surface area contributed by atoms with E-state index in [1.54, 1.807) is 0 Å². The SMILES string of the molecule is CS(=O)(=O)N(C(CC(=O)O)C(N)(C(=O)O)C(=O)c1ccccc1)S(C)(=O)=O. The number of benzene rings is 1. The van der Waals surface area contributed by atoms with Gasteiger partial charge in [-0.2, -0.15) is 0 Å². The lowest BCUT2D eigenvalue weighted by atomic mass is 9.82. The molecule has 27 heavy (non-hydrogen) atoms. The van der Waals surface area contributed by atoms with E-state index in [0.29, 0.717) is 12.5 Å². The number of aliphatic carboxylic acids is 2. The zero-order chi connectivity index (χ0) is 21.2. The van der Waals surface area contributed by atoms with Crippen molar-refractivity contribution in [3.05, 3.63) is 35.9 Å². The molecule has 0 aliphatic rings. The Balaban J connectivity index is 3.81. The van der Waals surface area contributed by atoms with Gasteiger partial charge in [-0.3, -0.25) is 9.59 Å². The van der Waals surface area contributed by atoms with Gasteiger partial charge in [0.1, 0.15) is 0 Å². The fourth-order valence-electron chi connectivity index (χ4n) is 2.49. The highest BCUT2D eigenvalue weighted by Crippen LogP contribution is 2.27.